The van der Waals surface area contributed by atoms with Crippen molar-refractivity contribution in [3.63, 3.8) is 0 Å². The maximum absolute atomic E-state index is 12.9. The fraction of sp³-hybridized carbons (Fsp3) is 0.619. The quantitative estimate of drug-likeness (QED) is 0.810. The highest BCUT2D eigenvalue weighted by Crippen LogP contribution is 2.33. The molecule has 6 heteroatoms. The summed E-state index contributed by atoms with van der Waals surface area (Å²) in [4.78, 5) is 29.4. The number of nitrogens with zero attached hydrogens (tertiary/aromatic N) is 2. The van der Waals surface area contributed by atoms with Gasteiger partial charge in [0.05, 0.1) is 17.9 Å². The van der Waals surface area contributed by atoms with Gasteiger partial charge in [0.25, 0.3) is 5.91 Å². The van der Waals surface area contributed by atoms with Crippen LogP contribution in [0.3, 0.4) is 0 Å². The number of likely N-dealkylation sites (tertiary alicyclic amines) is 1. The number of furan rings is 1. The van der Waals surface area contributed by atoms with Gasteiger partial charge in [-0.25, -0.2) is 4.79 Å². The molecule has 3 amide bonds. The van der Waals surface area contributed by atoms with Gasteiger partial charge in [-0.15, -0.1) is 0 Å². The van der Waals surface area contributed by atoms with Gasteiger partial charge in [0, 0.05) is 25.2 Å². The summed E-state index contributed by atoms with van der Waals surface area (Å²) in [5.41, 5.74) is 2.05. The largest absolute Gasteiger partial charge is 0.469 e. The average molecular weight is 371 g/mol. The van der Waals surface area contributed by atoms with Crippen LogP contribution in [0.1, 0.15) is 61.6 Å². The fourth-order valence-electron chi connectivity index (χ4n) is 4.81. The van der Waals surface area contributed by atoms with Crippen molar-refractivity contribution in [2.75, 3.05) is 13.1 Å². The molecule has 146 valence electrons. The number of amides is 3. The molecule has 2 bridgehead atoms. The lowest BCUT2D eigenvalue weighted by Crippen LogP contribution is -2.57. The van der Waals surface area contributed by atoms with E-state index in [9.17, 15) is 9.59 Å². The predicted octanol–water partition coefficient (Wildman–Crippen LogP) is 3.48. The zero-order valence-electron chi connectivity index (χ0n) is 16.2. The molecule has 0 spiro atoms. The first-order chi connectivity index (χ1) is 13.0. The molecule has 4 heterocycles. The molecule has 3 aliphatic heterocycles. The first kappa shape index (κ1) is 18.1. The summed E-state index contributed by atoms with van der Waals surface area (Å²) < 4.78 is 5.25. The van der Waals surface area contributed by atoms with E-state index in [1.54, 1.807) is 12.3 Å². The second-order valence-electron chi connectivity index (χ2n) is 8.18. The minimum Gasteiger partial charge on any atom is -0.469 e. The van der Waals surface area contributed by atoms with Gasteiger partial charge in [0.2, 0.25) is 0 Å². The normalized spacial score (nSPS) is 25.9. The molecule has 6 nitrogen and oxygen atoms in total. The predicted molar refractivity (Wildman–Crippen MR) is 103 cm³/mol. The molecule has 27 heavy (non-hydrogen) atoms. The van der Waals surface area contributed by atoms with Gasteiger partial charge < -0.3 is 19.5 Å². The first-order valence-electron chi connectivity index (χ1n) is 10.1. The van der Waals surface area contributed by atoms with E-state index in [-0.39, 0.29) is 24.0 Å². The molecule has 0 saturated carbocycles. The van der Waals surface area contributed by atoms with E-state index in [2.05, 4.69) is 23.2 Å². The van der Waals surface area contributed by atoms with E-state index >= 15 is 0 Å². The molecule has 2 atom stereocenters. The molecule has 2 unspecified atom stereocenters. The molecule has 1 aromatic rings. The van der Waals surface area contributed by atoms with Crippen molar-refractivity contribution in [1.29, 1.82) is 0 Å². The Kier molecular flexibility index (Phi) is 4.98. The Bertz CT molecular complexity index is 746. The number of carbonyl (C=O) groups excluding carboxylic acids is 2. The molecule has 4 rings (SSSR count). The topological polar surface area (TPSA) is 65.8 Å². The van der Waals surface area contributed by atoms with Crippen LogP contribution in [0.2, 0.25) is 0 Å². The Balaban J connectivity index is 1.32. The number of aryl methyl sites for hydroxylation is 1. The third-order valence-electron chi connectivity index (χ3n) is 6.26. The van der Waals surface area contributed by atoms with Crippen LogP contribution in [0.4, 0.5) is 4.79 Å². The zero-order chi connectivity index (χ0) is 19.0. The third-order valence-corrected chi connectivity index (χ3v) is 6.26. The molecule has 0 radical (unpaired) electrons. The van der Waals surface area contributed by atoms with Crippen LogP contribution in [0.15, 0.2) is 28.4 Å². The Labute approximate surface area is 160 Å². The van der Waals surface area contributed by atoms with Crippen LogP contribution in [0, 0.1) is 6.92 Å². The van der Waals surface area contributed by atoms with Gasteiger partial charge >= 0.3 is 6.03 Å². The Morgan fingerprint density at radius 1 is 1.15 bits per heavy atom. The average Bonchev–Trinajstić information content (AvgIpc) is 3.07. The summed E-state index contributed by atoms with van der Waals surface area (Å²) in [7, 11) is 0. The van der Waals surface area contributed by atoms with Gasteiger partial charge in [-0.05, 0) is 58.4 Å². The minimum absolute atomic E-state index is 0.0252. The zero-order valence-corrected chi connectivity index (χ0v) is 16.2. The molecule has 1 aromatic heterocycles. The number of fused-ring (bicyclic) bond motifs is 2. The highest BCUT2D eigenvalue weighted by molar-refractivity contribution is 5.95. The molecule has 0 aliphatic carbocycles. The van der Waals surface area contributed by atoms with E-state index in [1.807, 2.05) is 11.8 Å². The van der Waals surface area contributed by atoms with E-state index in [1.165, 1.54) is 12.0 Å². The maximum atomic E-state index is 12.9. The standard InChI is InChI=1S/C21H29N3O3/c1-14-12-17-4-3-5-18(13-14)24(17)21(26)22-16-6-9-23(10-7-16)20(25)19-8-11-27-15(19)2/h8,11-12,16-18H,3-7,9-10,13H2,1-2H3,(H,22,26). The Morgan fingerprint density at radius 2 is 1.93 bits per heavy atom. The lowest BCUT2D eigenvalue weighted by molar-refractivity contribution is 0.0699. The molecular formula is C21H29N3O3. The van der Waals surface area contributed by atoms with Crippen LogP contribution in [0.25, 0.3) is 0 Å². The lowest BCUT2D eigenvalue weighted by atomic mass is 9.86. The maximum Gasteiger partial charge on any atom is 0.318 e. The van der Waals surface area contributed by atoms with Gasteiger partial charge in [0.15, 0.2) is 0 Å². The number of piperidine rings is 2. The summed E-state index contributed by atoms with van der Waals surface area (Å²) >= 11 is 0. The number of hydrogen-bond donors (Lipinski definition) is 1. The van der Waals surface area contributed by atoms with Gasteiger partial charge in [-0.1, -0.05) is 11.6 Å². The molecule has 1 N–H and O–H groups in total. The number of urea groups is 1. The van der Waals surface area contributed by atoms with Crippen LogP contribution in [-0.2, 0) is 0 Å². The second-order valence-corrected chi connectivity index (χ2v) is 8.18. The van der Waals surface area contributed by atoms with Gasteiger partial charge in [0.1, 0.15) is 5.76 Å². The van der Waals surface area contributed by atoms with Gasteiger partial charge in [-0.2, -0.15) is 0 Å². The van der Waals surface area contributed by atoms with Crippen LogP contribution in [0.5, 0.6) is 0 Å². The van der Waals surface area contributed by atoms with E-state index in [4.69, 9.17) is 4.42 Å². The van der Waals surface area contributed by atoms with Crippen LogP contribution in [-0.4, -0.2) is 53.0 Å². The highest BCUT2D eigenvalue weighted by Gasteiger charge is 2.37. The summed E-state index contributed by atoms with van der Waals surface area (Å²) in [6.07, 6.45) is 9.80. The molecule has 0 aromatic carbocycles. The number of hydrogen-bond acceptors (Lipinski definition) is 3. The van der Waals surface area contributed by atoms with Crippen molar-refractivity contribution in [1.82, 2.24) is 15.1 Å². The van der Waals surface area contributed by atoms with Crippen molar-refractivity contribution in [2.24, 2.45) is 0 Å². The fourth-order valence-corrected chi connectivity index (χ4v) is 4.81. The van der Waals surface area contributed by atoms with Crippen molar-refractivity contribution < 1.29 is 14.0 Å². The van der Waals surface area contributed by atoms with Gasteiger partial charge in [-0.3, -0.25) is 4.79 Å². The van der Waals surface area contributed by atoms with E-state index in [0.717, 1.165) is 32.1 Å². The van der Waals surface area contributed by atoms with E-state index < -0.39 is 0 Å². The van der Waals surface area contributed by atoms with Crippen LogP contribution < -0.4 is 5.32 Å². The van der Waals surface area contributed by atoms with Crippen molar-refractivity contribution in [3.8, 4) is 0 Å². The van der Waals surface area contributed by atoms with Crippen molar-refractivity contribution in [3.05, 3.63) is 35.3 Å². The summed E-state index contributed by atoms with van der Waals surface area (Å²) in [5, 5.41) is 3.24. The lowest BCUT2D eigenvalue weighted by Gasteiger charge is -2.45. The third kappa shape index (κ3) is 3.62. The smallest absolute Gasteiger partial charge is 0.318 e. The van der Waals surface area contributed by atoms with E-state index in [0.29, 0.717) is 30.5 Å². The molecule has 3 aliphatic rings. The van der Waals surface area contributed by atoms with Crippen molar-refractivity contribution in [2.45, 2.75) is 70.5 Å². The SMILES string of the molecule is CC1=CC2CCCC(C1)N2C(=O)NC1CCN(C(=O)c2ccoc2C)CC1. The minimum atomic E-state index is 0.0252. The van der Waals surface area contributed by atoms with Crippen LogP contribution >= 0.6 is 0 Å². The molecular weight excluding hydrogens is 342 g/mol. The number of carbonyl (C=O) groups is 2. The second kappa shape index (κ2) is 7.41. The summed E-state index contributed by atoms with van der Waals surface area (Å²) in [6.45, 7) is 5.32. The summed E-state index contributed by atoms with van der Waals surface area (Å²) in [6, 6.07) is 2.54. The first-order valence-corrected chi connectivity index (χ1v) is 10.1. The Hall–Kier alpha value is -2.24. The highest BCUT2D eigenvalue weighted by atomic mass is 16.3. The monoisotopic (exact) mass is 371 g/mol. The summed E-state index contributed by atoms with van der Waals surface area (Å²) in [5.74, 6) is 0.688. The number of rotatable bonds is 2. The number of nitrogens with one attached hydrogen (secondary N) is 1. The molecule has 2 saturated heterocycles. The molecule has 2 fully saturated rings. The van der Waals surface area contributed by atoms with Crippen molar-refractivity contribution >= 4 is 11.9 Å². The Morgan fingerprint density at radius 3 is 2.59 bits per heavy atom.